The number of anilines is 1. The highest BCUT2D eigenvalue weighted by molar-refractivity contribution is 5.94. The van der Waals surface area contributed by atoms with Crippen molar-refractivity contribution in [3.8, 4) is 5.88 Å². The molecule has 0 fully saturated rings. The zero-order valence-electron chi connectivity index (χ0n) is 13.4. The van der Waals surface area contributed by atoms with Crippen LogP contribution in [0.1, 0.15) is 15.9 Å². The normalized spacial score (nSPS) is 11.1. The molecule has 0 aliphatic rings. The fourth-order valence-electron chi connectivity index (χ4n) is 1.90. The average Bonchev–Trinajstić information content (AvgIpc) is 2.59. The number of aromatic amines is 1. The Hall–Kier alpha value is -3.11. The number of hydrogen-bond acceptors (Lipinski definition) is 5. The number of amides is 1. The predicted molar refractivity (Wildman–Crippen MR) is 83.5 cm³/mol. The van der Waals surface area contributed by atoms with Gasteiger partial charge in [0.25, 0.3) is 11.5 Å². The highest BCUT2D eigenvalue weighted by Gasteiger charge is 2.29. The fourth-order valence-corrected chi connectivity index (χ4v) is 1.90. The number of carbonyl (C=O) groups excluding carboxylic acids is 1. The molecule has 0 radical (unpaired) electrons. The molecule has 2 rings (SSSR count). The van der Waals surface area contributed by atoms with E-state index in [1.54, 1.807) is 7.05 Å². The molecular weight excluding hydrogens is 360 g/mol. The van der Waals surface area contributed by atoms with E-state index in [9.17, 15) is 27.2 Å². The Bertz CT molecular complexity index is 852. The number of H-pyrrole nitrogens is 1. The Labute approximate surface area is 144 Å². The third kappa shape index (κ3) is 5.19. The van der Waals surface area contributed by atoms with Gasteiger partial charge >= 0.3 is 6.18 Å². The van der Waals surface area contributed by atoms with Crippen molar-refractivity contribution in [2.24, 2.45) is 0 Å². The topological polar surface area (TPSA) is 96.1 Å². The summed E-state index contributed by atoms with van der Waals surface area (Å²) >= 11 is 0. The molecule has 2 heterocycles. The molecular formula is C15H14F4N4O3. The quantitative estimate of drug-likeness (QED) is 0.671. The third-order valence-corrected chi connectivity index (χ3v) is 3.13. The van der Waals surface area contributed by atoms with Crippen LogP contribution in [-0.2, 0) is 6.54 Å². The molecule has 7 nitrogen and oxygen atoms in total. The van der Waals surface area contributed by atoms with Gasteiger partial charge in [0.05, 0.1) is 0 Å². The average molecular weight is 374 g/mol. The van der Waals surface area contributed by atoms with Crippen molar-refractivity contribution >= 4 is 11.7 Å². The molecule has 0 saturated carbocycles. The lowest BCUT2D eigenvalue weighted by atomic mass is 10.2. The molecule has 0 bridgehead atoms. The van der Waals surface area contributed by atoms with Crippen LogP contribution in [0.25, 0.3) is 0 Å². The standard InChI is InChI=1S/C15H14F4N4O3/c1-20-11-5-8(2-3-21-11)12(24)22-6-9-4-10(16)14(23-13(9)25)26-7-15(17,18)19/h2-5H,6-7H2,1H3,(H,20,21)(H,22,24)(H,23,25). The SMILES string of the molecule is CNc1cc(C(=O)NCc2cc(F)c(OCC(F)(F)F)[nH]c2=O)ccn1. The Morgan fingerprint density at radius 1 is 1.35 bits per heavy atom. The van der Waals surface area contributed by atoms with Gasteiger partial charge < -0.3 is 15.4 Å². The van der Waals surface area contributed by atoms with Crippen molar-refractivity contribution in [1.82, 2.24) is 15.3 Å². The molecule has 11 heteroatoms. The van der Waals surface area contributed by atoms with Gasteiger partial charge in [-0.1, -0.05) is 0 Å². The van der Waals surface area contributed by atoms with E-state index in [-0.39, 0.29) is 17.7 Å². The smallest absolute Gasteiger partial charge is 0.422 e. The molecule has 0 saturated heterocycles. The molecule has 0 atom stereocenters. The van der Waals surface area contributed by atoms with Crippen LogP contribution >= 0.6 is 0 Å². The molecule has 0 aromatic carbocycles. The van der Waals surface area contributed by atoms with Crippen LogP contribution in [0.3, 0.4) is 0 Å². The number of alkyl halides is 3. The van der Waals surface area contributed by atoms with Gasteiger partial charge in [0.2, 0.25) is 5.88 Å². The summed E-state index contributed by atoms with van der Waals surface area (Å²) in [6, 6.07) is 3.61. The van der Waals surface area contributed by atoms with Gasteiger partial charge in [-0.05, 0) is 18.2 Å². The number of carbonyl (C=O) groups is 1. The molecule has 1 amide bonds. The lowest BCUT2D eigenvalue weighted by molar-refractivity contribution is -0.154. The number of nitrogens with one attached hydrogen (secondary N) is 3. The van der Waals surface area contributed by atoms with Gasteiger partial charge in [0.1, 0.15) is 5.82 Å². The van der Waals surface area contributed by atoms with E-state index in [0.29, 0.717) is 11.9 Å². The van der Waals surface area contributed by atoms with Crippen LogP contribution in [0.15, 0.2) is 29.2 Å². The zero-order chi connectivity index (χ0) is 19.3. The van der Waals surface area contributed by atoms with E-state index >= 15 is 0 Å². The minimum Gasteiger partial charge on any atom is -0.467 e. The number of ether oxygens (including phenoxy) is 1. The van der Waals surface area contributed by atoms with Gasteiger partial charge in [0.15, 0.2) is 12.4 Å². The van der Waals surface area contributed by atoms with E-state index in [0.717, 1.165) is 0 Å². The maximum Gasteiger partial charge on any atom is 0.422 e. The van der Waals surface area contributed by atoms with Crippen molar-refractivity contribution in [3.63, 3.8) is 0 Å². The summed E-state index contributed by atoms with van der Waals surface area (Å²) in [6.45, 7) is -2.08. The maximum absolute atomic E-state index is 13.8. The monoisotopic (exact) mass is 374 g/mol. The molecule has 0 aliphatic carbocycles. The molecule has 3 N–H and O–H groups in total. The Kier molecular flexibility index (Phi) is 5.80. The van der Waals surface area contributed by atoms with Gasteiger partial charge in [-0.25, -0.2) is 9.37 Å². The first kappa shape index (κ1) is 19.2. The van der Waals surface area contributed by atoms with Crippen LogP contribution in [0.4, 0.5) is 23.4 Å². The fraction of sp³-hybridized carbons (Fsp3) is 0.267. The summed E-state index contributed by atoms with van der Waals surface area (Å²) in [6.07, 6.45) is -3.27. The number of aromatic nitrogens is 2. The van der Waals surface area contributed by atoms with E-state index < -0.39 is 35.9 Å². The van der Waals surface area contributed by atoms with Crippen LogP contribution in [0.2, 0.25) is 0 Å². The first-order valence-corrected chi connectivity index (χ1v) is 7.23. The highest BCUT2D eigenvalue weighted by Crippen LogP contribution is 2.18. The van der Waals surface area contributed by atoms with Gasteiger partial charge in [-0.15, -0.1) is 0 Å². The number of halogens is 4. The Morgan fingerprint density at radius 2 is 2.08 bits per heavy atom. The van der Waals surface area contributed by atoms with Crippen molar-refractivity contribution in [2.75, 3.05) is 19.0 Å². The van der Waals surface area contributed by atoms with Crippen molar-refractivity contribution in [2.45, 2.75) is 12.7 Å². The molecule has 0 unspecified atom stereocenters. The number of pyridine rings is 2. The second-order valence-electron chi connectivity index (χ2n) is 5.07. The molecule has 2 aromatic rings. The maximum atomic E-state index is 13.8. The summed E-state index contributed by atoms with van der Waals surface area (Å²) in [7, 11) is 1.62. The van der Waals surface area contributed by atoms with Gasteiger partial charge in [-0.3, -0.25) is 14.6 Å². The molecule has 0 aliphatic heterocycles. The predicted octanol–water partition coefficient (Wildman–Crippen LogP) is 1.82. The van der Waals surface area contributed by atoms with E-state index in [4.69, 9.17) is 0 Å². The first-order chi connectivity index (χ1) is 12.2. The lowest BCUT2D eigenvalue weighted by Gasteiger charge is -2.11. The van der Waals surface area contributed by atoms with E-state index in [2.05, 4.69) is 20.4 Å². The van der Waals surface area contributed by atoms with Gasteiger partial charge in [0, 0.05) is 30.9 Å². The van der Waals surface area contributed by atoms with E-state index in [1.165, 1.54) is 18.3 Å². The molecule has 26 heavy (non-hydrogen) atoms. The summed E-state index contributed by atoms with van der Waals surface area (Å²) in [5.74, 6) is -2.19. The van der Waals surface area contributed by atoms with Crippen molar-refractivity contribution < 1.29 is 27.1 Å². The van der Waals surface area contributed by atoms with Crippen LogP contribution in [0.5, 0.6) is 5.88 Å². The Morgan fingerprint density at radius 3 is 2.73 bits per heavy atom. The second-order valence-corrected chi connectivity index (χ2v) is 5.07. The molecule has 0 spiro atoms. The number of nitrogens with zero attached hydrogens (tertiary/aromatic N) is 1. The molecule has 140 valence electrons. The van der Waals surface area contributed by atoms with Gasteiger partial charge in [-0.2, -0.15) is 13.2 Å². The zero-order valence-corrected chi connectivity index (χ0v) is 13.4. The van der Waals surface area contributed by atoms with Crippen molar-refractivity contribution in [1.29, 1.82) is 0 Å². The van der Waals surface area contributed by atoms with Crippen molar-refractivity contribution in [3.05, 3.63) is 51.7 Å². The minimum atomic E-state index is -4.67. The van der Waals surface area contributed by atoms with Crippen LogP contribution in [-0.4, -0.2) is 35.7 Å². The number of hydrogen-bond donors (Lipinski definition) is 3. The van der Waals surface area contributed by atoms with Crippen LogP contribution in [0, 0.1) is 5.82 Å². The largest absolute Gasteiger partial charge is 0.467 e. The minimum absolute atomic E-state index is 0.182. The Balaban J connectivity index is 2.06. The molecule has 2 aromatic heterocycles. The summed E-state index contributed by atoms with van der Waals surface area (Å²) < 4.78 is 54.2. The highest BCUT2D eigenvalue weighted by atomic mass is 19.4. The summed E-state index contributed by atoms with van der Waals surface area (Å²) in [5, 5.41) is 5.16. The second kappa shape index (κ2) is 7.85. The number of rotatable bonds is 6. The summed E-state index contributed by atoms with van der Waals surface area (Å²) in [4.78, 5) is 29.7. The van der Waals surface area contributed by atoms with Crippen LogP contribution < -0.4 is 20.9 Å². The lowest BCUT2D eigenvalue weighted by Crippen LogP contribution is -2.28. The van der Waals surface area contributed by atoms with E-state index in [1.807, 2.05) is 4.98 Å². The third-order valence-electron chi connectivity index (χ3n) is 3.13. The summed E-state index contributed by atoms with van der Waals surface area (Å²) in [5.41, 5.74) is -0.806. The first-order valence-electron chi connectivity index (χ1n) is 7.23.